The molecule has 0 aliphatic carbocycles. The summed E-state index contributed by atoms with van der Waals surface area (Å²) in [5.74, 6) is -1.56. The van der Waals surface area contributed by atoms with Gasteiger partial charge in [0.25, 0.3) is 0 Å². The minimum absolute atomic E-state index is 0.0450. The van der Waals surface area contributed by atoms with Crippen LogP contribution in [0.4, 0.5) is 0 Å². The van der Waals surface area contributed by atoms with Gasteiger partial charge in [0.2, 0.25) is 0 Å². The molecule has 8 heteroatoms. The number of allylic oxidation sites excluding steroid dienone is 4. The molecule has 1 N–H and O–H groups in total. The summed E-state index contributed by atoms with van der Waals surface area (Å²) >= 11 is 0. The maximum atomic E-state index is 12.6. The Kier molecular flexibility index (Phi) is 27.8. The number of nitrogens with zero attached hydrogens (tertiary/aromatic N) is 1. The Morgan fingerprint density at radius 3 is 1.73 bits per heavy atom. The fourth-order valence-electron chi connectivity index (χ4n) is 4.98. The SMILES string of the molecule is CCCCC/C=C/CCC(=O)OCC(COCCC(C(=O)O)[N+](C)(C)C)OC(=O)CCCCC/C=C/CCCCCCCCC. The first-order valence-electron chi connectivity index (χ1n) is 17.9. The molecule has 45 heavy (non-hydrogen) atoms. The second-order valence-corrected chi connectivity index (χ2v) is 13.1. The van der Waals surface area contributed by atoms with Crippen LogP contribution >= 0.6 is 0 Å². The Morgan fingerprint density at radius 2 is 1.16 bits per heavy atom. The van der Waals surface area contributed by atoms with Crippen LogP contribution in [0.15, 0.2) is 24.3 Å². The molecule has 0 bridgehead atoms. The van der Waals surface area contributed by atoms with Gasteiger partial charge in [-0.1, -0.05) is 95.9 Å². The van der Waals surface area contributed by atoms with Crippen molar-refractivity contribution in [2.24, 2.45) is 0 Å². The number of carboxylic acid groups (broad SMARTS) is 1. The highest BCUT2D eigenvalue weighted by atomic mass is 16.6. The van der Waals surface area contributed by atoms with E-state index in [0.29, 0.717) is 19.3 Å². The van der Waals surface area contributed by atoms with Gasteiger partial charge < -0.3 is 23.8 Å². The number of ether oxygens (including phenoxy) is 3. The summed E-state index contributed by atoms with van der Waals surface area (Å²) in [7, 11) is 5.49. The third-order valence-corrected chi connectivity index (χ3v) is 7.84. The molecule has 2 atom stereocenters. The number of quaternary nitrogens is 1. The normalized spacial score (nSPS) is 13.4. The highest BCUT2D eigenvalue weighted by Crippen LogP contribution is 2.12. The minimum atomic E-state index is -0.883. The number of carbonyl (C=O) groups is 3. The van der Waals surface area contributed by atoms with Crippen molar-refractivity contribution < 1.29 is 38.2 Å². The van der Waals surface area contributed by atoms with Gasteiger partial charge in [0.15, 0.2) is 12.1 Å². The van der Waals surface area contributed by atoms with Crippen molar-refractivity contribution in [2.45, 2.75) is 154 Å². The molecule has 0 aromatic rings. The number of unbranched alkanes of at least 4 members (excludes halogenated alkanes) is 13. The molecule has 0 radical (unpaired) electrons. The third kappa shape index (κ3) is 27.8. The summed E-state index contributed by atoms with van der Waals surface area (Å²) in [6.07, 6.45) is 28.2. The van der Waals surface area contributed by atoms with Crippen molar-refractivity contribution in [1.29, 1.82) is 0 Å². The molecule has 0 rings (SSSR count). The third-order valence-electron chi connectivity index (χ3n) is 7.84. The lowest BCUT2D eigenvalue weighted by Crippen LogP contribution is -2.50. The zero-order chi connectivity index (χ0) is 33.6. The number of aliphatic carboxylic acids is 1. The Morgan fingerprint density at radius 1 is 0.644 bits per heavy atom. The first kappa shape index (κ1) is 42.8. The molecule has 0 aromatic heterocycles. The van der Waals surface area contributed by atoms with Gasteiger partial charge in [-0.25, -0.2) is 4.79 Å². The molecule has 0 amide bonds. The Balaban J connectivity index is 4.47. The van der Waals surface area contributed by atoms with Crippen molar-refractivity contribution in [3.8, 4) is 0 Å². The second-order valence-electron chi connectivity index (χ2n) is 13.1. The van der Waals surface area contributed by atoms with Crippen LogP contribution in [0.2, 0.25) is 0 Å². The summed E-state index contributed by atoms with van der Waals surface area (Å²) in [5, 5.41) is 9.54. The number of hydrogen-bond acceptors (Lipinski definition) is 6. The minimum Gasteiger partial charge on any atom is -0.477 e. The van der Waals surface area contributed by atoms with Crippen LogP contribution in [0, 0.1) is 0 Å². The van der Waals surface area contributed by atoms with E-state index in [1.807, 2.05) is 27.2 Å². The van der Waals surface area contributed by atoms with E-state index in [2.05, 4.69) is 32.1 Å². The second kappa shape index (κ2) is 29.2. The van der Waals surface area contributed by atoms with E-state index in [9.17, 15) is 19.5 Å². The number of esters is 2. The molecule has 0 aromatic carbocycles. The van der Waals surface area contributed by atoms with E-state index in [4.69, 9.17) is 14.2 Å². The van der Waals surface area contributed by atoms with E-state index >= 15 is 0 Å². The number of rotatable bonds is 31. The summed E-state index contributed by atoms with van der Waals surface area (Å²) in [6, 6.07) is -0.617. The van der Waals surface area contributed by atoms with E-state index in [1.165, 1.54) is 57.8 Å². The molecule has 262 valence electrons. The van der Waals surface area contributed by atoms with Crippen LogP contribution in [0.5, 0.6) is 0 Å². The smallest absolute Gasteiger partial charge is 0.362 e. The molecule has 0 aliphatic heterocycles. The van der Waals surface area contributed by atoms with Crippen LogP contribution in [-0.2, 0) is 28.6 Å². The standard InChI is InChI=1S/C37H67NO7/c1-6-8-10-12-14-15-16-17-18-19-20-22-24-26-28-36(40)45-33(31-43-30-29-34(37(41)42)38(3,4)5)32-44-35(39)27-25-23-21-13-11-9-7-2/h18-19,21,23,33-34H,6-17,20,22,24-32H2,1-5H3/p+1/b19-18+,23-21+. The predicted octanol–water partition coefficient (Wildman–Crippen LogP) is 8.57. The molecule has 8 nitrogen and oxygen atoms in total. The van der Waals surface area contributed by atoms with Gasteiger partial charge in [0.05, 0.1) is 34.4 Å². The molecule has 0 saturated heterocycles. The summed E-state index contributed by atoms with van der Waals surface area (Å²) in [4.78, 5) is 36.5. The monoisotopic (exact) mass is 638 g/mol. The Bertz CT molecular complexity index is 803. The van der Waals surface area contributed by atoms with Gasteiger partial charge in [-0.3, -0.25) is 9.59 Å². The van der Waals surface area contributed by atoms with Crippen molar-refractivity contribution in [3.05, 3.63) is 24.3 Å². The van der Waals surface area contributed by atoms with Gasteiger partial charge in [-0.2, -0.15) is 0 Å². The van der Waals surface area contributed by atoms with Crippen LogP contribution in [-0.4, -0.2) is 80.6 Å². The van der Waals surface area contributed by atoms with E-state index in [-0.39, 0.29) is 42.7 Å². The van der Waals surface area contributed by atoms with E-state index < -0.39 is 18.1 Å². The molecular formula is C37H68NO7+. The Hall–Kier alpha value is -2.19. The van der Waals surface area contributed by atoms with Crippen molar-refractivity contribution in [1.82, 2.24) is 0 Å². The number of carboxylic acids is 1. The summed E-state index contributed by atoms with van der Waals surface area (Å²) in [6.45, 7) is 4.59. The number of carbonyl (C=O) groups excluding carboxylic acids is 2. The lowest BCUT2D eigenvalue weighted by Gasteiger charge is -2.31. The van der Waals surface area contributed by atoms with Crippen LogP contribution in [0.1, 0.15) is 142 Å². The zero-order valence-corrected chi connectivity index (χ0v) is 29.6. The van der Waals surface area contributed by atoms with E-state index in [1.54, 1.807) is 0 Å². The topological polar surface area (TPSA) is 99.1 Å². The van der Waals surface area contributed by atoms with Crippen LogP contribution in [0.3, 0.4) is 0 Å². The maximum Gasteiger partial charge on any atom is 0.362 e. The molecular weight excluding hydrogens is 570 g/mol. The quantitative estimate of drug-likeness (QED) is 0.0351. The first-order chi connectivity index (χ1) is 21.6. The fourth-order valence-corrected chi connectivity index (χ4v) is 4.98. The van der Waals surface area contributed by atoms with Crippen molar-refractivity contribution in [2.75, 3.05) is 41.0 Å². The average molecular weight is 639 g/mol. The van der Waals surface area contributed by atoms with Crippen molar-refractivity contribution in [3.63, 3.8) is 0 Å². The van der Waals surface area contributed by atoms with E-state index in [0.717, 1.165) is 44.9 Å². The lowest BCUT2D eigenvalue weighted by atomic mass is 10.1. The lowest BCUT2D eigenvalue weighted by molar-refractivity contribution is -0.887. The summed E-state index contributed by atoms with van der Waals surface area (Å²) < 4.78 is 17.0. The molecule has 0 aliphatic rings. The summed E-state index contributed by atoms with van der Waals surface area (Å²) in [5.41, 5.74) is 0. The van der Waals surface area contributed by atoms with Gasteiger partial charge in [0, 0.05) is 19.3 Å². The van der Waals surface area contributed by atoms with Gasteiger partial charge in [-0.15, -0.1) is 0 Å². The molecule has 2 unspecified atom stereocenters. The average Bonchev–Trinajstić information content (AvgIpc) is 2.98. The predicted molar refractivity (Wildman–Crippen MR) is 183 cm³/mol. The largest absolute Gasteiger partial charge is 0.477 e. The molecule has 0 saturated carbocycles. The number of hydrogen-bond donors (Lipinski definition) is 1. The maximum absolute atomic E-state index is 12.6. The van der Waals surface area contributed by atoms with Gasteiger partial charge in [0.1, 0.15) is 6.61 Å². The number of likely N-dealkylation sites (N-methyl/N-ethyl adjacent to an activating group) is 1. The Labute approximate surface area is 275 Å². The van der Waals surface area contributed by atoms with Crippen LogP contribution < -0.4 is 0 Å². The van der Waals surface area contributed by atoms with Gasteiger partial charge >= 0.3 is 17.9 Å². The zero-order valence-electron chi connectivity index (χ0n) is 29.6. The van der Waals surface area contributed by atoms with Crippen LogP contribution in [0.25, 0.3) is 0 Å². The highest BCUT2D eigenvalue weighted by Gasteiger charge is 2.31. The fraction of sp³-hybridized carbons (Fsp3) is 0.811. The molecule has 0 fully saturated rings. The highest BCUT2D eigenvalue weighted by molar-refractivity contribution is 5.72. The van der Waals surface area contributed by atoms with Gasteiger partial charge in [-0.05, 0) is 51.4 Å². The van der Waals surface area contributed by atoms with Crippen molar-refractivity contribution >= 4 is 17.9 Å². The molecule has 0 spiro atoms. The first-order valence-corrected chi connectivity index (χ1v) is 17.9. The molecule has 0 heterocycles.